The van der Waals surface area contributed by atoms with Gasteiger partial charge >= 0.3 is 0 Å². The van der Waals surface area contributed by atoms with Crippen molar-refractivity contribution in [2.75, 3.05) is 50.0 Å². The van der Waals surface area contributed by atoms with Crippen LogP contribution >= 0.6 is 0 Å². The van der Waals surface area contributed by atoms with E-state index in [1.54, 1.807) is 0 Å². The van der Waals surface area contributed by atoms with E-state index in [0.29, 0.717) is 5.69 Å². The molecule has 1 aromatic heterocycles. The topological polar surface area (TPSA) is 82.3 Å². The number of hydrogen-bond acceptors (Lipinski definition) is 5. The van der Waals surface area contributed by atoms with Crippen molar-refractivity contribution in [2.45, 2.75) is 38.5 Å². The van der Waals surface area contributed by atoms with Gasteiger partial charge in [-0.15, -0.1) is 0 Å². The molecule has 2 heterocycles. The summed E-state index contributed by atoms with van der Waals surface area (Å²) in [5, 5.41) is 13.9. The van der Waals surface area contributed by atoms with Crippen molar-refractivity contribution < 1.29 is 9.53 Å². The Kier molecular flexibility index (Phi) is 6.79. The Labute approximate surface area is 172 Å². The van der Waals surface area contributed by atoms with E-state index in [9.17, 15) is 4.79 Å². The number of nitrogens with zero attached hydrogens (tertiary/aromatic N) is 2. The van der Waals surface area contributed by atoms with Gasteiger partial charge in [0.05, 0.1) is 13.2 Å². The van der Waals surface area contributed by atoms with Crippen LogP contribution in [0.1, 0.15) is 47.4 Å². The number of ether oxygens (including phenoxy) is 1. The average Bonchev–Trinajstić information content (AvgIpc) is 3.11. The number of H-pyrrole nitrogens is 1. The van der Waals surface area contributed by atoms with E-state index in [2.05, 4.69) is 25.7 Å². The number of anilines is 2. The van der Waals surface area contributed by atoms with Crippen molar-refractivity contribution >= 4 is 17.3 Å². The van der Waals surface area contributed by atoms with Crippen LogP contribution in [0.5, 0.6) is 0 Å². The summed E-state index contributed by atoms with van der Waals surface area (Å²) in [6.45, 7) is 5.47. The summed E-state index contributed by atoms with van der Waals surface area (Å²) in [4.78, 5) is 15.2. The monoisotopic (exact) mass is 397 g/mol. The fraction of sp³-hybridized carbons (Fsp3) is 0.545. The van der Waals surface area contributed by atoms with Crippen LogP contribution < -0.4 is 10.6 Å². The van der Waals surface area contributed by atoms with Gasteiger partial charge in [-0.25, -0.2) is 0 Å². The van der Waals surface area contributed by atoms with Crippen LogP contribution in [-0.4, -0.2) is 60.4 Å². The predicted molar refractivity (Wildman–Crippen MR) is 115 cm³/mol. The number of hydrogen-bond donors (Lipinski definition) is 3. The predicted octanol–water partition coefficient (Wildman–Crippen LogP) is 3.07. The Balaban J connectivity index is 1.34. The first-order valence-corrected chi connectivity index (χ1v) is 10.8. The highest BCUT2D eigenvalue weighted by atomic mass is 16.5. The largest absolute Gasteiger partial charge is 0.384 e. The van der Waals surface area contributed by atoms with Crippen LogP contribution in [0.2, 0.25) is 0 Å². The molecule has 0 saturated carbocycles. The summed E-state index contributed by atoms with van der Waals surface area (Å²) in [5.74, 6) is -0.131. The quantitative estimate of drug-likeness (QED) is 0.698. The maximum absolute atomic E-state index is 12.8. The number of rotatable bonds is 6. The summed E-state index contributed by atoms with van der Waals surface area (Å²) >= 11 is 0. The molecule has 1 saturated heterocycles. The van der Waals surface area contributed by atoms with E-state index in [1.165, 1.54) is 12.8 Å². The molecule has 0 spiro atoms. The van der Waals surface area contributed by atoms with Gasteiger partial charge in [-0.3, -0.25) is 14.8 Å². The van der Waals surface area contributed by atoms with E-state index < -0.39 is 0 Å². The zero-order chi connectivity index (χ0) is 19.9. The summed E-state index contributed by atoms with van der Waals surface area (Å²) < 4.78 is 5.39. The summed E-state index contributed by atoms with van der Waals surface area (Å²) in [6.07, 6.45) is 6.68. The molecular weight excluding hydrogens is 366 g/mol. The fourth-order valence-electron chi connectivity index (χ4n) is 4.10. The first-order chi connectivity index (χ1) is 14.3. The highest BCUT2D eigenvalue weighted by Gasteiger charge is 2.20. The molecule has 0 bridgehead atoms. The molecule has 29 heavy (non-hydrogen) atoms. The fourth-order valence-corrected chi connectivity index (χ4v) is 4.10. The molecule has 156 valence electrons. The Morgan fingerprint density at radius 3 is 2.76 bits per heavy atom. The molecule has 1 aliphatic carbocycles. The van der Waals surface area contributed by atoms with Gasteiger partial charge in [0.15, 0.2) is 5.69 Å². The number of carbonyl (C=O) groups is 1. The van der Waals surface area contributed by atoms with Crippen LogP contribution in [0.3, 0.4) is 0 Å². The van der Waals surface area contributed by atoms with E-state index in [-0.39, 0.29) is 5.91 Å². The second-order valence-corrected chi connectivity index (χ2v) is 7.86. The number of aromatic amines is 1. The van der Waals surface area contributed by atoms with Crippen molar-refractivity contribution in [2.24, 2.45) is 0 Å². The van der Waals surface area contributed by atoms with Crippen LogP contribution in [0, 0.1) is 0 Å². The van der Waals surface area contributed by atoms with Crippen molar-refractivity contribution in [3.05, 3.63) is 41.2 Å². The Morgan fingerprint density at radius 1 is 1.10 bits per heavy atom. The van der Waals surface area contributed by atoms with E-state index in [0.717, 1.165) is 87.7 Å². The second-order valence-electron chi connectivity index (χ2n) is 7.86. The smallest absolute Gasteiger partial charge is 0.276 e. The third-order valence-corrected chi connectivity index (χ3v) is 5.75. The van der Waals surface area contributed by atoms with Gasteiger partial charge in [0.2, 0.25) is 0 Å². The second kappa shape index (κ2) is 9.89. The number of amides is 1. The Hall–Kier alpha value is -2.38. The first kappa shape index (κ1) is 19.9. The molecule has 7 nitrogen and oxygen atoms in total. The van der Waals surface area contributed by atoms with Crippen LogP contribution in [0.4, 0.5) is 11.4 Å². The molecule has 0 unspecified atom stereocenters. The van der Waals surface area contributed by atoms with Gasteiger partial charge < -0.3 is 15.4 Å². The van der Waals surface area contributed by atoms with Crippen LogP contribution in [-0.2, 0) is 17.6 Å². The number of nitrogens with one attached hydrogen (secondary N) is 3. The maximum Gasteiger partial charge on any atom is 0.276 e. The van der Waals surface area contributed by atoms with Crippen molar-refractivity contribution in [3.63, 3.8) is 0 Å². The normalized spacial score (nSPS) is 17.8. The molecule has 3 N–H and O–H groups in total. The zero-order valence-corrected chi connectivity index (χ0v) is 17.0. The van der Waals surface area contributed by atoms with Crippen LogP contribution in [0.25, 0.3) is 0 Å². The summed E-state index contributed by atoms with van der Waals surface area (Å²) in [7, 11) is 0. The van der Waals surface area contributed by atoms with Crippen molar-refractivity contribution in [1.82, 2.24) is 15.1 Å². The number of carbonyl (C=O) groups excluding carboxylic acids is 1. The molecule has 2 aliphatic rings. The number of fused-ring (bicyclic) bond motifs is 1. The lowest BCUT2D eigenvalue weighted by Gasteiger charge is -2.26. The molecule has 1 aliphatic heterocycles. The number of aryl methyl sites for hydroxylation is 1. The molecule has 0 radical (unpaired) electrons. The molecule has 2 aromatic rings. The molecule has 1 aromatic carbocycles. The number of morpholine rings is 1. The summed E-state index contributed by atoms with van der Waals surface area (Å²) in [5.41, 5.74) is 4.57. The minimum atomic E-state index is -0.131. The standard InChI is InChI=1S/C22H31N5O2/c28-22(21-19-8-3-1-2-4-9-20(19)25-26-21)24-18-7-5-6-17(16-18)23-10-11-27-12-14-29-15-13-27/h5-7,16,23H,1-4,8-15H2,(H,24,28)(H,25,26). The van der Waals surface area contributed by atoms with Gasteiger partial charge in [-0.2, -0.15) is 5.10 Å². The van der Waals surface area contributed by atoms with E-state index in [1.807, 2.05) is 24.3 Å². The van der Waals surface area contributed by atoms with Gasteiger partial charge in [0.1, 0.15) is 0 Å². The molecule has 1 amide bonds. The molecule has 0 atom stereocenters. The minimum Gasteiger partial charge on any atom is -0.384 e. The zero-order valence-electron chi connectivity index (χ0n) is 17.0. The van der Waals surface area contributed by atoms with Crippen molar-refractivity contribution in [3.8, 4) is 0 Å². The SMILES string of the molecule is O=C(Nc1cccc(NCCN2CCOCC2)c1)c1n[nH]c2c1CCCCCC2. The molecule has 4 rings (SSSR count). The maximum atomic E-state index is 12.8. The van der Waals surface area contributed by atoms with E-state index in [4.69, 9.17) is 4.74 Å². The minimum absolute atomic E-state index is 0.131. The molecule has 1 fully saturated rings. The molecule has 7 heteroatoms. The lowest BCUT2D eigenvalue weighted by molar-refractivity contribution is 0.0398. The van der Waals surface area contributed by atoms with E-state index >= 15 is 0 Å². The number of benzene rings is 1. The van der Waals surface area contributed by atoms with Crippen molar-refractivity contribution in [1.29, 1.82) is 0 Å². The lowest BCUT2D eigenvalue weighted by Crippen LogP contribution is -2.39. The number of aromatic nitrogens is 2. The Bertz CT molecular complexity index is 813. The lowest BCUT2D eigenvalue weighted by atomic mass is 9.97. The first-order valence-electron chi connectivity index (χ1n) is 10.8. The summed E-state index contributed by atoms with van der Waals surface area (Å²) in [6, 6.07) is 7.88. The van der Waals surface area contributed by atoms with Crippen LogP contribution in [0.15, 0.2) is 24.3 Å². The Morgan fingerprint density at radius 2 is 1.90 bits per heavy atom. The van der Waals surface area contributed by atoms with Gasteiger partial charge in [0.25, 0.3) is 5.91 Å². The van der Waals surface area contributed by atoms with Gasteiger partial charge in [-0.05, 0) is 43.9 Å². The molecular formula is C22H31N5O2. The average molecular weight is 398 g/mol. The third-order valence-electron chi connectivity index (χ3n) is 5.75. The van der Waals surface area contributed by atoms with Gasteiger partial charge in [-0.1, -0.05) is 18.9 Å². The highest BCUT2D eigenvalue weighted by molar-refractivity contribution is 6.04. The highest BCUT2D eigenvalue weighted by Crippen LogP contribution is 2.23. The van der Waals surface area contributed by atoms with Gasteiger partial charge in [0, 0.05) is 48.8 Å². The third kappa shape index (κ3) is 5.36.